The van der Waals surface area contributed by atoms with Gasteiger partial charge in [-0.25, -0.2) is 14.9 Å². The number of unbranched alkanes of at least 4 members (excludes halogenated alkanes) is 1. The van der Waals surface area contributed by atoms with E-state index < -0.39 is 5.97 Å². The van der Waals surface area contributed by atoms with E-state index in [4.69, 9.17) is 16.6 Å². The van der Waals surface area contributed by atoms with Crippen LogP contribution in [0.4, 0.5) is 0 Å². The summed E-state index contributed by atoms with van der Waals surface area (Å²) in [6, 6.07) is 19.4. The molecule has 0 aliphatic carbocycles. The van der Waals surface area contributed by atoms with Gasteiger partial charge in [-0.1, -0.05) is 73.5 Å². The molecule has 0 spiro atoms. The number of aryl methyl sites for hydroxylation is 1. The average Bonchev–Trinajstić information content (AvgIpc) is 3.51. The molecule has 3 aromatic carbocycles. The maximum atomic E-state index is 12.0. The van der Waals surface area contributed by atoms with Crippen LogP contribution in [0.15, 0.2) is 60.7 Å². The third-order valence-corrected chi connectivity index (χ3v) is 6.22. The number of H-pyrrole nitrogens is 1. The van der Waals surface area contributed by atoms with E-state index in [1.165, 1.54) is 6.07 Å². The lowest BCUT2D eigenvalue weighted by atomic mass is 9.98. The summed E-state index contributed by atoms with van der Waals surface area (Å²) < 4.78 is 2.01. The van der Waals surface area contributed by atoms with Crippen molar-refractivity contribution in [2.24, 2.45) is 0 Å². The summed E-state index contributed by atoms with van der Waals surface area (Å²) in [7, 11) is 0. The third kappa shape index (κ3) is 4.52. The monoisotopic (exact) mass is 486 g/mol. The third-order valence-electron chi connectivity index (χ3n) is 6.00. The van der Waals surface area contributed by atoms with Crippen molar-refractivity contribution in [3.05, 3.63) is 82.6 Å². The molecule has 0 atom stereocenters. The van der Waals surface area contributed by atoms with Gasteiger partial charge in [0, 0.05) is 23.6 Å². The van der Waals surface area contributed by atoms with Crippen LogP contribution in [0.2, 0.25) is 5.02 Å². The second-order valence-corrected chi connectivity index (χ2v) is 8.77. The normalized spacial score (nSPS) is 11.3. The second-order valence-electron chi connectivity index (χ2n) is 8.34. The molecule has 0 fully saturated rings. The SMILES string of the molecule is CCCCc1nc2cc(Cl)cc(C(=O)O)c2n1Cc1ccc(-c2ccccc2-c2nnn[nH]2)cc1. The number of benzene rings is 3. The van der Waals surface area contributed by atoms with Crippen molar-refractivity contribution in [1.82, 2.24) is 30.2 Å². The van der Waals surface area contributed by atoms with Gasteiger partial charge in [-0.2, -0.15) is 0 Å². The lowest BCUT2D eigenvalue weighted by Gasteiger charge is -2.12. The van der Waals surface area contributed by atoms with Crippen LogP contribution < -0.4 is 0 Å². The topological polar surface area (TPSA) is 110 Å². The molecule has 2 heterocycles. The molecule has 0 saturated carbocycles. The van der Waals surface area contributed by atoms with Gasteiger partial charge in [0.2, 0.25) is 0 Å². The number of aromatic nitrogens is 6. The lowest BCUT2D eigenvalue weighted by molar-refractivity contribution is 0.0698. The van der Waals surface area contributed by atoms with E-state index in [-0.39, 0.29) is 5.56 Å². The number of carboxylic acid groups (broad SMARTS) is 1. The molecule has 2 N–H and O–H groups in total. The minimum Gasteiger partial charge on any atom is -0.478 e. The molecule has 2 aromatic heterocycles. The standard InChI is InChI=1S/C26H23ClN6O2/c1-2-3-8-23-28-22-14-18(27)13-21(26(34)35)24(22)33(23)15-16-9-11-17(12-10-16)19-6-4-5-7-20(19)25-29-31-32-30-25/h4-7,9-14H,2-3,8,15H2,1H3,(H,34,35)(H,29,30,31,32). The number of nitrogens with one attached hydrogen (secondary N) is 1. The highest BCUT2D eigenvalue weighted by Crippen LogP contribution is 2.31. The van der Waals surface area contributed by atoms with Gasteiger partial charge in [-0.15, -0.1) is 5.10 Å². The molecule has 0 amide bonds. The summed E-state index contributed by atoms with van der Waals surface area (Å²) >= 11 is 6.19. The van der Waals surface area contributed by atoms with Gasteiger partial charge in [0.15, 0.2) is 5.82 Å². The summed E-state index contributed by atoms with van der Waals surface area (Å²) in [6.45, 7) is 2.63. The van der Waals surface area contributed by atoms with Crippen LogP contribution in [0.3, 0.4) is 0 Å². The first-order valence-corrected chi connectivity index (χ1v) is 11.8. The molecule has 176 valence electrons. The van der Waals surface area contributed by atoms with Crippen molar-refractivity contribution in [2.45, 2.75) is 32.7 Å². The van der Waals surface area contributed by atoms with Crippen LogP contribution in [0, 0.1) is 0 Å². The van der Waals surface area contributed by atoms with Crippen LogP contribution >= 0.6 is 11.6 Å². The molecule has 0 aliphatic rings. The van der Waals surface area contributed by atoms with Crippen LogP contribution in [0.1, 0.15) is 41.5 Å². The first kappa shape index (κ1) is 22.7. The van der Waals surface area contributed by atoms with Crippen molar-refractivity contribution < 1.29 is 9.90 Å². The number of aromatic carboxylic acids is 1. The Morgan fingerprint density at radius 1 is 1.09 bits per heavy atom. The first-order chi connectivity index (χ1) is 17.0. The van der Waals surface area contributed by atoms with E-state index in [1.807, 2.05) is 28.8 Å². The Labute approximate surface area is 206 Å². The van der Waals surface area contributed by atoms with E-state index in [1.54, 1.807) is 6.07 Å². The predicted molar refractivity (Wildman–Crippen MR) is 134 cm³/mol. The molecule has 0 aliphatic heterocycles. The van der Waals surface area contributed by atoms with Gasteiger partial charge < -0.3 is 9.67 Å². The molecule has 5 rings (SSSR count). The number of carbonyl (C=O) groups is 1. The van der Waals surface area contributed by atoms with Gasteiger partial charge >= 0.3 is 5.97 Å². The van der Waals surface area contributed by atoms with E-state index in [9.17, 15) is 9.90 Å². The molecule has 0 saturated heterocycles. The van der Waals surface area contributed by atoms with Gasteiger partial charge in [-0.05, 0) is 45.7 Å². The Hall–Kier alpha value is -4.04. The number of fused-ring (bicyclic) bond motifs is 1. The van der Waals surface area contributed by atoms with Gasteiger partial charge in [0.1, 0.15) is 5.82 Å². The van der Waals surface area contributed by atoms with Gasteiger partial charge in [0.25, 0.3) is 0 Å². The fourth-order valence-electron chi connectivity index (χ4n) is 4.33. The maximum absolute atomic E-state index is 12.0. The fraction of sp³-hybridized carbons (Fsp3) is 0.192. The Balaban J connectivity index is 1.53. The number of carboxylic acids is 1. The highest BCUT2D eigenvalue weighted by atomic mass is 35.5. The number of aromatic amines is 1. The summed E-state index contributed by atoms with van der Waals surface area (Å²) in [4.78, 5) is 16.8. The highest BCUT2D eigenvalue weighted by molar-refractivity contribution is 6.31. The smallest absolute Gasteiger partial charge is 0.337 e. The summed E-state index contributed by atoms with van der Waals surface area (Å²) in [5.74, 6) is 0.448. The van der Waals surface area contributed by atoms with Crippen LogP contribution in [-0.4, -0.2) is 41.3 Å². The Morgan fingerprint density at radius 3 is 2.54 bits per heavy atom. The highest BCUT2D eigenvalue weighted by Gasteiger charge is 2.19. The van der Waals surface area contributed by atoms with Crippen molar-refractivity contribution in [2.75, 3.05) is 0 Å². The zero-order valence-corrected chi connectivity index (χ0v) is 19.8. The molecule has 9 heteroatoms. The van der Waals surface area contributed by atoms with E-state index in [0.717, 1.165) is 47.3 Å². The zero-order valence-electron chi connectivity index (χ0n) is 19.1. The Bertz CT molecular complexity index is 1490. The van der Waals surface area contributed by atoms with Crippen LogP contribution in [0.5, 0.6) is 0 Å². The number of hydrogen-bond acceptors (Lipinski definition) is 5. The maximum Gasteiger partial charge on any atom is 0.337 e. The number of halogens is 1. The van der Waals surface area contributed by atoms with Gasteiger partial charge in [-0.3, -0.25) is 0 Å². The summed E-state index contributed by atoms with van der Waals surface area (Å²) in [5, 5.41) is 24.4. The summed E-state index contributed by atoms with van der Waals surface area (Å²) in [6.07, 6.45) is 2.74. The predicted octanol–water partition coefficient (Wildman–Crippen LogP) is 5.63. The Kier molecular flexibility index (Phi) is 6.29. The fourth-order valence-corrected chi connectivity index (χ4v) is 4.54. The minimum atomic E-state index is -1.02. The van der Waals surface area contributed by atoms with Crippen molar-refractivity contribution >= 4 is 28.6 Å². The quantitative estimate of drug-likeness (QED) is 0.294. The molecule has 5 aromatic rings. The molecule has 35 heavy (non-hydrogen) atoms. The number of rotatable bonds is 8. The van der Waals surface area contributed by atoms with E-state index >= 15 is 0 Å². The molecule has 0 unspecified atom stereocenters. The number of tetrazole rings is 1. The first-order valence-electron chi connectivity index (χ1n) is 11.4. The van der Waals surface area contributed by atoms with E-state index in [0.29, 0.717) is 28.4 Å². The lowest BCUT2D eigenvalue weighted by Crippen LogP contribution is -2.08. The average molecular weight is 487 g/mol. The van der Waals surface area contributed by atoms with Crippen molar-refractivity contribution in [1.29, 1.82) is 0 Å². The van der Waals surface area contributed by atoms with Crippen LogP contribution in [-0.2, 0) is 13.0 Å². The summed E-state index contributed by atoms with van der Waals surface area (Å²) in [5.41, 5.74) is 5.35. The largest absolute Gasteiger partial charge is 0.478 e. The number of hydrogen-bond donors (Lipinski definition) is 2. The number of nitrogens with zero attached hydrogens (tertiary/aromatic N) is 5. The van der Waals surface area contributed by atoms with Crippen LogP contribution in [0.25, 0.3) is 33.5 Å². The second kappa shape index (κ2) is 9.68. The van der Waals surface area contributed by atoms with E-state index in [2.05, 4.69) is 51.8 Å². The zero-order chi connectivity index (χ0) is 24.4. The van der Waals surface area contributed by atoms with Crippen molar-refractivity contribution in [3.8, 4) is 22.5 Å². The Morgan fingerprint density at radius 2 is 1.86 bits per heavy atom. The van der Waals surface area contributed by atoms with Crippen molar-refractivity contribution in [3.63, 3.8) is 0 Å². The molecule has 0 radical (unpaired) electrons. The molecular formula is C26H23ClN6O2. The minimum absolute atomic E-state index is 0.161. The number of imidazole rings is 1. The molecule has 0 bridgehead atoms. The molecular weight excluding hydrogens is 464 g/mol. The molecule has 8 nitrogen and oxygen atoms in total. The van der Waals surface area contributed by atoms with Gasteiger partial charge in [0.05, 0.1) is 16.6 Å².